The van der Waals surface area contributed by atoms with Crippen LogP contribution in [0.1, 0.15) is 25.7 Å². The second kappa shape index (κ2) is 8.31. The van der Waals surface area contributed by atoms with Crippen molar-refractivity contribution in [1.29, 1.82) is 0 Å². The molecule has 5 nitrogen and oxygen atoms in total. The number of carbonyl (C=O) groups is 2. The van der Waals surface area contributed by atoms with E-state index in [0.29, 0.717) is 18.9 Å². The van der Waals surface area contributed by atoms with Crippen LogP contribution in [0.4, 0.5) is 0 Å². The molecule has 0 bridgehead atoms. The molecule has 100 valence electrons. The van der Waals surface area contributed by atoms with Crippen LogP contribution in [0.5, 0.6) is 0 Å². The Labute approximate surface area is 108 Å². The average molecular weight is 266 g/mol. The van der Waals surface area contributed by atoms with E-state index in [4.69, 9.17) is 5.11 Å². The summed E-state index contributed by atoms with van der Waals surface area (Å²) in [5, 5.41) is 8.56. The van der Waals surface area contributed by atoms with Gasteiger partial charge in [-0.2, -0.15) is 0 Å². The maximum atomic E-state index is 11.1. The monoisotopic (exact) mass is 265 g/mol. The highest BCUT2D eigenvalue weighted by molar-refractivity contribution is 5.85. The number of aliphatic carboxylic acids is 1. The molecule has 0 spiro atoms. The number of nitrogens with zero attached hydrogens (tertiary/aromatic N) is 1. The molecular formula is C11H20ClNO4. The number of methoxy groups -OCH3 is 1. The molecule has 0 aromatic heterocycles. The fourth-order valence-corrected chi connectivity index (χ4v) is 1.99. The number of hydrogen-bond donors (Lipinski definition) is 1. The van der Waals surface area contributed by atoms with E-state index < -0.39 is 5.97 Å². The van der Waals surface area contributed by atoms with Crippen molar-refractivity contribution in [3.8, 4) is 0 Å². The number of rotatable bonds is 5. The highest BCUT2D eigenvalue weighted by Gasteiger charge is 2.21. The summed E-state index contributed by atoms with van der Waals surface area (Å²) in [6.07, 6.45) is 2.59. The van der Waals surface area contributed by atoms with E-state index in [1.807, 2.05) is 0 Å². The van der Waals surface area contributed by atoms with Gasteiger partial charge < -0.3 is 14.7 Å². The molecule has 1 rings (SSSR count). The Morgan fingerprint density at radius 3 is 2.41 bits per heavy atom. The van der Waals surface area contributed by atoms with Gasteiger partial charge in [-0.05, 0) is 31.8 Å². The lowest BCUT2D eigenvalue weighted by Crippen LogP contribution is -2.35. The van der Waals surface area contributed by atoms with Gasteiger partial charge in [-0.3, -0.25) is 9.59 Å². The van der Waals surface area contributed by atoms with Crippen LogP contribution in [0.3, 0.4) is 0 Å². The van der Waals surface area contributed by atoms with Crippen LogP contribution in [0.15, 0.2) is 0 Å². The van der Waals surface area contributed by atoms with Crippen LogP contribution in [0.25, 0.3) is 0 Å². The van der Waals surface area contributed by atoms with E-state index in [2.05, 4.69) is 9.64 Å². The number of carboxylic acids is 1. The van der Waals surface area contributed by atoms with E-state index in [1.165, 1.54) is 7.11 Å². The van der Waals surface area contributed by atoms with Crippen molar-refractivity contribution in [2.24, 2.45) is 5.92 Å². The van der Waals surface area contributed by atoms with E-state index in [9.17, 15) is 9.59 Å². The standard InChI is InChI=1S/C11H19NO4.ClH/c1-16-11(15)8-9-2-5-12(6-3-9)7-4-10(13)14;/h9H,2-8H2,1H3,(H,13,14);1H. The normalized spacial score (nSPS) is 17.2. The predicted octanol–water partition coefficient (Wildman–Crippen LogP) is 1.16. The molecule has 0 unspecified atom stereocenters. The molecule has 17 heavy (non-hydrogen) atoms. The number of carboxylic acid groups (broad SMARTS) is 1. The van der Waals surface area contributed by atoms with Gasteiger partial charge in [-0.25, -0.2) is 0 Å². The average Bonchev–Trinajstić information content (AvgIpc) is 2.28. The van der Waals surface area contributed by atoms with E-state index >= 15 is 0 Å². The molecule has 1 fully saturated rings. The largest absolute Gasteiger partial charge is 0.481 e. The highest BCUT2D eigenvalue weighted by Crippen LogP contribution is 2.20. The van der Waals surface area contributed by atoms with Gasteiger partial charge in [0.25, 0.3) is 0 Å². The number of halogens is 1. The van der Waals surface area contributed by atoms with E-state index in [0.717, 1.165) is 25.9 Å². The Bertz CT molecular complexity index is 252. The molecule has 1 saturated heterocycles. The Hall–Kier alpha value is -0.810. The number of carbonyl (C=O) groups excluding carboxylic acids is 1. The number of hydrogen-bond acceptors (Lipinski definition) is 4. The number of ether oxygens (including phenoxy) is 1. The first-order chi connectivity index (χ1) is 7.61. The zero-order valence-corrected chi connectivity index (χ0v) is 10.9. The zero-order valence-electron chi connectivity index (χ0n) is 10.1. The summed E-state index contributed by atoms with van der Waals surface area (Å²) >= 11 is 0. The van der Waals surface area contributed by atoms with Gasteiger partial charge in [0.2, 0.25) is 0 Å². The Morgan fingerprint density at radius 2 is 1.94 bits per heavy atom. The van der Waals surface area contributed by atoms with Crippen LogP contribution >= 0.6 is 12.4 Å². The van der Waals surface area contributed by atoms with Gasteiger partial charge in [-0.15, -0.1) is 12.4 Å². The molecule has 6 heteroatoms. The first-order valence-electron chi connectivity index (χ1n) is 5.62. The van der Waals surface area contributed by atoms with Gasteiger partial charge in [0, 0.05) is 13.0 Å². The Balaban J connectivity index is 0.00000256. The van der Waals surface area contributed by atoms with Crippen molar-refractivity contribution >= 4 is 24.3 Å². The summed E-state index contributed by atoms with van der Waals surface area (Å²) in [6.45, 7) is 2.38. The maximum absolute atomic E-state index is 11.1. The van der Waals surface area contributed by atoms with Crippen molar-refractivity contribution in [2.75, 3.05) is 26.7 Å². The molecule has 0 aromatic rings. The molecule has 1 N–H and O–H groups in total. The Kier molecular flexibility index (Phi) is 7.91. The minimum Gasteiger partial charge on any atom is -0.481 e. The number of piperidine rings is 1. The van der Waals surface area contributed by atoms with Crippen molar-refractivity contribution in [3.05, 3.63) is 0 Å². The van der Waals surface area contributed by atoms with Crippen molar-refractivity contribution in [3.63, 3.8) is 0 Å². The zero-order chi connectivity index (χ0) is 12.0. The molecule has 0 saturated carbocycles. The fraction of sp³-hybridized carbons (Fsp3) is 0.818. The number of likely N-dealkylation sites (tertiary alicyclic amines) is 1. The van der Waals surface area contributed by atoms with Crippen LogP contribution in [0.2, 0.25) is 0 Å². The van der Waals surface area contributed by atoms with E-state index in [-0.39, 0.29) is 24.8 Å². The molecule has 1 aliphatic heterocycles. The lowest BCUT2D eigenvalue weighted by atomic mass is 9.93. The SMILES string of the molecule is COC(=O)CC1CCN(CCC(=O)O)CC1.Cl. The summed E-state index contributed by atoms with van der Waals surface area (Å²) in [5.74, 6) is -0.505. The summed E-state index contributed by atoms with van der Waals surface area (Å²) in [7, 11) is 1.41. The molecule has 0 amide bonds. The van der Waals surface area contributed by atoms with Crippen molar-refractivity contribution < 1.29 is 19.4 Å². The molecule has 1 aliphatic rings. The van der Waals surface area contributed by atoms with Crippen LogP contribution in [-0.2, 0) is 14.3 Å². The van der Waals surface area contributed by atoms with Gasteiger partial charge in [0.05, 0.1) is 13.5 Å². The summed E-state index contributed by atoms with van der Waals surface area (Å²) in [4.78, 5) is 23.6. The molecule has 0 atom stereocenters. The summed E-state index contributed by atoms with van der Waals surface area (Å²) < 4.78 is 4.63. The Morgan fingerprint density at radius 1 is 1.35 bits per heavy atom. The third-order valence-electron chi connectivity index (χ3n) is 3.03. The molecule has 1 heterocycles. The third-order valence-corrected chi connectivity index (χ3v) is 3.03. The minimum atomic E-state index is -0.753. The molecular weight excluding hydrogens is 246 g/mol. The molecule has 0 aromatic carbocycles. The first kappa shape index (κ1) is 16.2. The lowest BCUT2D eigenvalue weighted by Gasteiger charge is -2.30. The number of esters is 1. The first-order valence-corrected chi connectivity index (χ1v) is 5.62. The lowest BCUT2D eigenvalue weighted by molar-refractivity contribution is -0.142. The predicted molar refractivity (Wildman–Crippen MR) is 65.3 cm³/mol. The summed E-state index contributed by atoms with van der Waals surface area (Å²) in [5.41, 5.74) is 0. The third kappa shape index (κ3) is 6.48. The quantitative estimate of drug-likeness (QED) is 0.756. The molecule has 0 radical (unpaired) electrons. The van der Waals surface area contributed by atoms with Gasteiger partial charge in [0.15, 0.2) is 0 Å². The van der Waals surface area contributed by atoms with E-state index in [1.54, 1.807) is 0 Å². The second-order valence-electron chi connectivity index (χ2n) is 4.21. The topological polar surface area (TPSA) is 66.8 Å². The summed E-state index contributed by atoms with van der Waals surface area (Å²) in [6, 6.07) is 0. The smallest absolute Gasteiger partial charge is 0.305 e. The maximum Gasteiger partial charge on any atom is 0.305 e. The van der Waals surface area contributed by atoms with Gasteiger partial charge in [-0.1, -0.05) is 0 Å². The van der Waals surface area contributed by atoms with Gasteiger partial charge in [0.1, 0.15) is 0 Å². The second-order valence-corrected chi connectivity index (χ2v) is 4.21. The highest BCUT2D eigenvalue weighted by atomic mass is 35.5. The fourth-order valence-electron chi connectivity index (χ4n) is 1.99. The van der Waals surface area contributed by atoms with Gasteiger partial charge >= 0.3 is 11.9 Å². The molecule has 0 aliphatic carbocycles. The van der Waals surface area contributed by atoms with Crippen molar-refractivity contribution in [2.45, 2.75) is 25.7 Å². The van der Waals surface area contributed by atoms with Crippen molar-refractivity contribution in [1.82, 2.24) is 4.90 Å². The minimum absolute atomic E-state index is 0. The van der Waals surface area contributed by atoms with Crippen LogP contribution < -0.4 is 0 Å². The van der Waals surface area contributed by atoms with Crippen LogP contribution in [-0.4, -0.2) is 48.7 Å². The van der Waals surface area contributed by atoms with Crippen LogP contribution in [0, 0.1) is 5.92 Å².